The van der Waals surface area contributed by atoms with Crippen molar-refractivity contribution >= 4 is 42.9 Å². The van der Waals surface area contributed by atoms with Crippen molar-refractivity contribution in [2.45, 2.75) is 31.1 Å². The number of hydrogen-bond donors (Lipinski definition) is 2. The third-order valence-corrected chi connectivity index (χ3v) is 6.76. The summed E-state index contributed by atoms with van der Waals surface area (Å²) in [5.41, 5.74) is 1.04. The third kappa shape index (κ3) is 3.84. The minimum absolute atomic E-state index is 0.0840. The molecule has 0 spiro atoms. The summed E-state index contributed by atoms with van der Waals surface area (Å²) >= 11 is 1.14. The standard InChI is InChI=1S/C20H20FNO3S2/c1-12(23)19-18(16-11-14(21)7-10-17(16)26-19)22-27(24,25)15-8-5-13(6-9-15)20(2,3)4/h5-11,22-23H,1H2,2-4H3. The number of hydrogen-bond acceptors (Lipinski definition) is 4. The SMILES string of the molecule is C=C(O)c1sc2ccc(F)cc2c1NS(=O)(=O)c1ccc(C(C)(C)C)cc1. The van der Waals surface area contributed by atoms with Gasteiger partial charge in [0.25, 0.3) is 10.0 Å². The van der Waals surface area contributed by atoms with Gasteiger partial charge >= 0.3 is 0 Å². The van der Waals surface area contributed by atoms with Gasteiger partial charge in [0, 0.05) is 10.1 Å². The Bertz CT molecular complexity index is 1120. The summed E-state index contributed by atoms with van der Waals surface area (Å²) in [6.45, 7) is 9.61. The van der Waals surface area contributed by atoms with Crippen LogP contribution in [0.4, 0.5) is 10.1 Å². The molecule has 3 rings (SSSR count). The summed E-state index contributed by atoms with van der Waals surface area (Å²) in [6, 6.07) is 10.7. The number of fused-ring (bicyclic) bond motifs is 1. The van der Waals surface area contributed by atoms with Crippen LogP contribution in [0.3, 0.4) is 0 Å². The normalized spacial score (nSPS) is 12.3. The van der Waals surface area contributed by atoms with Gasteiger partial charge in [-0.05, 0) is 41.3 Å². The summed E-state index contributed by atoms with van der Waals surface area (Å²) in [7, 11) is -3.92. The Morgan fingerprint density at radius 1 is 1.15 bits per heavy atom. The van der Waals surface area contributed by atoms with Crippen molar-refractivity contribution in [3.05, 3.63) is 65.3 Å². The van der Waals surface area contributed by atoms with Crippen LogP contribution < -0.4 is 4.72 Å². The van der Waals surface area contributed by atoms with Crippen molar-refractivity contribution < 1.29 is 17.9 Å². The van der Waals surface area contributed by atoms with Gasteiger partial charge in [-0.25, -0.2) is 12.8 Å². The molecule has 142 valence electrons. The largest absolute Gasteiger partial charge is 0.507 e. The predicted molar refractivity (Wildman–Crippen MR) is 109 cm³/mol. The number of anilines is 1. The van der Waals surface area contributed by atoms with Crippen molar-refractivity contribution in [2.24, 2.45) is 0 Å². The maximum atomic E-state index is 13.7. The average molecular weight is 406 g/mol. The van der Waals surface area contributed by atoms with E-state index >= 15 is 0 Å². The Morgan fingerprint density at radius 2 is 1.78 bits per heavy atom. The first-order valence-corrected chi connectivity index (χ1v) is 10.5. The van der Waals surface area contributed by atoms with Gasteiger partial charge in [-0.1, -0.05) is 39.5 Å². The highest BCUT2D eigenvalue weighted by Gasteiger charge is 2.22. The van der Waals surface area contributed by atoms with Gasteiger partial charge in [0.1, 0.15) is 11.6 Å². The third-order valence-electron chi connectivity index (χ3n) is 4.18. The van der Waals surface area contributed by atoms with E-state index < -0.39 is 15.8 Å². The van der Waals surface area contributed by atoms with Crippen molar-refractivity contribution in [1.29, 1.82) is 0 Å². The van der Waals surface area contributed by atoms with Crippen LogP contribution in [0.25, 0.3) is 15.8 Å². The van der Waals surface area contributed by atoms with E-state index in [2.05, 4.69) is 11.3 Å². The molecule has 7 heteroatoms. The number of rotatable bonds is 4. The smallest absolute Gasteiger partial charge is 0.261 e. The Balaban J connectivity index is 2.07. The summed E-state index contributed by atoms with van der Waals surface area (Å²) in [6.07, 6.45) is 0. The highest BCUT2D eigenvalue weighted by molar-refractivity contribution is 7.92. The lowest BCUT2D eigenvalue weighted by Gasteiger charge is -2.19. The Morgan fingerprint density at radius 3 is 2.33 bits per heavy atom. The highest BCUT2D eigenvalue weighted by Crippen LogP contribution is 2.40. The second kappa shape index (κ2) is 6.65. The van der Waals surface area contributed by atoms with Crippen LogP contribution in [-0.2, 0) is 15.4 Å². The summed E-state index contributed by atoms with van der Waals surface area (Å²) < 4.78 is 42.5. The molecule has 0 aliphatic heterocycles. The van der Waals surface area contributed by atoms with E-state index in [0.29, 0.717) is 10.1 Å². The molecule has 0 radical (unpaired) electrons. The van der Waals surface area contributed by atoms with Gasteiger partial charge in [0.05, 0.1) is 15.5 Å². The lowest BCUT2D eigenvalue weighted by atomic mass is 9.87. The molecule has 2 aromatic carbocycles. The van der Waals surface area contributed by atoms with Gasteiger partial charge in [0.2, 0.25) is 0 Å². The van der Waals surface area contributed by atoms with Crippen LogP contribution in [0.5, 0.6) is 0 Å². The number of halogens is 1. The first-order chi connectivity index (χ1) is 12.5. The maximum absolute atomic E-state index is 13.7. The van der Waals surface area contributed by atoms with Crippen LogP contribution in [0.2, 0.25) is 0 Å². The van der Waals surface area contributed by atoms with Crippen LogP contribution in [-0.4, -0.2) is 13.5 Å². The van der Waals surface area contributed by atoms with Gasteiger partial charge < -0.3 is 5.11 Å². The topological polar surface area (TPSA) is 66.4 Å². The molecule has 2 N–H and O–H groups in total. The molecular weight excluding hydrogens is 385 g/mol. The quantitative estimate of drug-likeness (QED) is 0.550. The Hall–Kier alpha value is -2.38. The first kappa shape index (κ1) is 19.4. The fraction of sp³-hybridized carbons (Fsp3) is 0.200. The van der Waals surface area contributed by atoms with Crippen LogP contribution in [0.15, 0.2) is 53.9 Å². The minimum atomic E-state index is -3.92. The Kier molecular flexibility index (Phi) is 4.78. The molecule has 1 heterocycles. The van der Waals surface area contributed by atoms with Crippen molar-refractivity contribution in [3.63, 3.8) is 0 Å². The fourth-order valence-corrected chi connectivity index (χ4v) is 4.87. The molecule has 0 saturated carbocycles. The summed E-state index contributed by atoms with van der Waals surface area (Å²) in [4.78, 5) is 0.339. The number of sulfonamides is 1. The van der Waals surface area contributed by atoms with Gasteiger partial charge in [0.15, 0.2) is 0 Å². The second-order valence-corrected chi connectivity index (χ2v) is 10.0. The fourth-order valence-electron chi connectivity index (χ4n) is 2.70. The first-order valence-electron chi connectivity index (χ1n) is 8.23. The van der Waals surface area contributed by atoms with E-state index in [4.69, 9.17) is 0 Å². The van der Waals surface area contributed by atoms with Gasteiger partial charge in [-0.15, -0.1) is 11.3 Å². The number of aliphatic hydroxyl groups is 1. The molecule has 3 aromatic rings. The van der Waals surface area contributed by atoms with Crippen LogP contribution in [0, 0.1) is 5.82 Å². The number of aliphatic hydroxyl groups excluding tert-OH is 1. The van der Waals surface area contributed by atoms with Crippen LogP contribution >= 0.6 is 11.3 Å². The van der Waals surface area contributed by atoms with Crippen molar-refractivity contribution in [1.82, 2.24) is 0 Å². The number of benzene rings is 2. The van der Waals surface area contributed by atoms with Crippen molar-refractivity contribution in [3.8, 4) is 0 Å². The zero-order valence-electron chi connectivity index (χ0n) is 15.2. The van der Waals surface area contributed by atoms with E-state index in [1.807, 2.05) is 20.8 Å². The summed E-state index contributed by atoms with van der Waals surface area (Å²) in [5.74, 6) is -0.775. The number of thiophene rings is 1. The highest BCUT2D eigenvalue weighted by atomic mass is 32.2. The Labute approximate surface area is 162 Å². The number of nitrogens with one attached hydrogen (secondary N) is 1. The van der Waals surface area contributed by atoms with Gasteiger partial charge in [-0.2, -0.15) is 0 Å². The molecule has 0 unspecified atom stereocenters. The zero-order chi connectivity index (χ0) is 20.0. The summed E-state index contributed by atoms with van der Waals surface area (Å²) in [5, 5.41) is 10.2. The van der Waals surface area contributed by atoms with E-state index in [1.165, 1.54) is 30.3 Å². The molecule has 0 saturated heterocycles. The minimum Gasteiger partial charge on any atom is -0.507 e. The second-order valence-electron chi connectivity index (χ2n) is 7.27. The zero-order valence-corrected chi connectivity index (χ0v) is 16.8. The lowest BCUT2D eigenvalue weighted by Crippen LogP contribution is -2.15. The van der Waals surface area contributed by atoms with Crippen LogP contribution in [0.1, 0.15) is 31.2 Å². The molecule has 0 bridgehead atoms. The molecule has 0 atom stereocenters. The molecule has 27 heavy (non-hydrogen) atoms. The van der Waals surface area contributed by atoms with Crippen molar-refractivity contribution in [2.75, 3.05) is 4.72 Å². The molecule has 1 aromatic heterocycles. The van der Waals surface area contributed by atoms with Gasteiger partial charge in [-0.3, -0.25) is 4.72 Å². The molecule has 0 aliphatic rings. The molecule has 0 fully saturated rings. The lowest BCUT2D eigenvalue weighted by molar-refractivity contribution is 0.516. The predicted octanol–water partition coefficient (Wildman–Crippen LogP) is 5.67. The molecule has 4 nitrogen and oxygen atoms in total. The molecule has 0 aliphatic carbocycles. The van der Waals surface area contributed by atoms with E-state index in [9.17, 15) is 17.9 Å². The van der Waals surface area contributed by atoms with E-state index in [-0.39, 0.29) is 26.6 Å². The van der Waals surface area contributed by atoms with E-state index in [1.54, 1.807) is 12.1 Å². The monoisotopic (exact) mass is 405 g/mol. The average Bonchev–Trinajstić information content (AvgIpc) is 2.92. The molecule has 0 amide bonds. The maximum Gasteiger partial charge on any atom is 0.261 e. The van der Waals surface area contributed by atoms with E-state index in [0.717, 1.165) is 16.9 Å². The molecular formula is C20H20FNO3S2.